The number of aromatic nitrogens is 2. The number of hydrogen-bond donors (Lipinski definition) is 4. The summed E-state index contributed by atoms with van der Waals surface area (Å²) in [6.07, 6.45) is 0. The average molecular weight is 558 g/mol. The van der Waals surface area contributed by atoms with Gasteiger partial charge in [-0.05, 0) is 76.2 Å². The number of nitrogen functional groups attached to an aromatic ring is 1. The number of hydrogen-bond acceptors (Lipinski definition) is 7. The first-order valence-corrected chi connectivity index (χ1v) is 12.8. The van der Waals surface area contributed by atoms with Crippen LogP contribution in [-0.2, 0) is 26.3 Å². The first kappa shape index (κ1) is 31.6. The van der Waals surface area contributed by atoms with E-state index in [2.05, 4.69) is 10.3 Å². The van der Waals surface area contributed by atoms with Crippen LogP contribution in [0.15, 0.2) is 36.4 Å². The van der Waals surface area contributed by atoms with E-state index >= 15 is 0 Å². The van der Waals surface area contributed by atoms with Crippen LogP contribution in [0.1, 0.15) is 43.3 Å². The first-order chi connectivity index (χ1) is 18.0. The average Bonchev–Trinajstić information content (AvgIpc) is 3.31. The summed E-state index contributed by atoms with van der Waals surface area (Å²) in [6.45, 7) is 9.43. The molecular formula is C28H40ClN7O3. The number of carbonyl (C=O) groups excluding carboxylic acids is 2. The number of nitrogens with one attached hydrogen (secondary N) is 3. The van der Waals surface area contributed by atoms with Crippen molar-refractivity contribution in [3.63, 3.8) is 0 Å². The fourth-order valence-electron chi connectivity index (χ4n) is 4.75. The Morgan fingerprint density at radius 3 is 2.41 bits per heavy atom. The zero-order chi connectivity index (χ0) is 28.0. The van der Waals surface area contributed by atoms with E-state index in [1.54, 1.807) is 31.0 Å². The molecular weight excluding hydrogens is 518 g/mol. The molecule has 39 heavy (non-hydrogen) atoms. The van der Waals surface area contributed by atoms with Crippen LogP contribution in [0, 0.1) is 12.3 Å². The molecule has 3 aromatic rings. The van der Waals surface area contributed by atoms with Crippen molar-refractivity contribution in [1.82, 2.24) is 19.8 Å². The van der Waals surface area contributed by atoms with Crippen molar-refractivity contribution < 1.29 is 14.3 Å². The van der Waals surface area contributed by atoms with Crippen LogP contribution in [0.5, 0.6) is 0 Å². The van der Waals surface area contributed by atoms with Gasteiger partial charge in [0.05, 0.1) is 36.1 Å². The SMILES string of the molecule is CCOC(=O)CN(C)CC(C)(C(=O)N(C)CC)c1ccc2[nH]c(CNc3ccc(C(=N)N)cc3)nc2c1C.Cl. The quantitative estimate of drug-likeness (QED) is 0.152. The smallest absolute Gasteiger partial charge is 0.320 e. The molecule has 0 fully saturated rings. The Labute approximate surface area is 236 Å². The number of halogens is 1. The molecule has 1 unspecified atom stereocenters. The van der Waals surface area contributed by atoms with Crippen LogP contribution in [0.2, 0.25) is 0 Å². The van der Waals surface area contributed by atoms with Crippen LogP contribution in [0.3, 0.4) is 0 Å². The number of aromatic amines is 1. The number of fused-ring (bicyclic) bond motifs is 1. The van der Waals surface area contributed by atoms with Crippen molar-refractivity contribution in [1.29, 1.82) is 5.41 Å². The highest BCUT2D eigenvalue weighted by molar-refractivity contribution is 5.95. The minimum Gasteiger partial charge on any atom is -0.465 e. The van der Waals surface area contributed by atoms with Gasteiger partial charge in [-0.1, -0.05) is 6.07 Å². The number of carbonyl (C=O) groups is 2. The Balaban J connectivity index is 0.00000533. The molecule has 0 aliphatic heterocycles. The van der Waals surface area contributed by atoms with E-state index in [0.29, 0.717) is 31.8 Å². The van der Waals surface area contributed by atoms with E-state index in [-0.39, 0.29) is 36.7 Å². The molecule has 0 aliphatic carbocycles. The van der Waals surface area contributed by atoms with E-state index in [9.17, 15) is 9.59 Å². The van der Waals surface area contributed by atoms with E-state index in [0.717, 1.165) is 33.7 Å². The summed E-state index contributed by atoms with van der Waals surface area (Å²) in [4.78, 5) is 37.5. The summed E-state index contributed by atoms with van der Waals surface area (Å²) in [7, 11) is 3.62. The van der Waals surface area contributed by atoms with Gasteiger partial charge in [0.15, 0.2) is 0 Å². The number of rotatable bonds is 12. The third-order valence-electron chi connectivity index (χ3n) is 6.79. The topological polar surface area (TPSA) is 140 Å². The molecule has 10 nitrogen and oxygen atoms in total. The van der Waals surface area contributed by atoms with Crippen LogP contribution in [0.25, 0.3) is 11.0 Å². The molecule has 212 valence electrons. The van der Waals surface area contributed by atoms with Crippen molar-refractivity contribution in [2.45, 2.75) is 39.7 Å². The van der Waals surface area contributed by atoms with E-state index in [1.165, 1.54) is 0 Å². The molecule has 1 heterocycles. The molecule has 2 aromatic carbocycles. The van der Waals surface area contributed by atoms with Crippen molar-refractivity contribution in [2.24, 2.45) is 5.73 Å². The van der Waals surface area contributed by atoms with Gasteiger partial charge in [0, 0.05) is 31.4 Å². The second-order valence-corrected chi connectivity index (χ2v) is 9.79. The molecule has 1 aromatic heterocycles. The highest BCUT2D eigenvalue weighted by Gasteiger charge is 2.40. The molecule has 0 radical (unpaired) electrons. The van der Waals surface area contributed by atoms with Gasteiger partial charge in [-0.3, -0.25) is 19.9 Å². The van der Waals surface area contributed by atoms with Crippen LogP contribution < -0.4 is 11.1 Å². The lowest BCUT2D eigenvalue weighted by molar-refractivity contribution is -0.145. The Morgan fingerprint density at radius 1 is 1.15 bits per heavy atom. The number of anilines is 1. The molecule has 3 rings (SSSR count). The highest BCUT2D eigenvalue weighted by Crippen LogP contribution is 2.33. The molecule has 0 aliphatic rings. The summed E-state index contributed by atoms with van der Waals surface area (Å²) in [5, 5.41) is 10.9. The number of benzene rings is 2. The van der Waals surface area contributed by atoms with Gasteiger partial charge in [0.2, 0.25) is 5.91 Å². The predicted octanol–water partition coefficient (Wildman–Crippen LogP) is 3.42. The number of esters is 1. The maximum Gasteiger partial charge on any atom is 0.320 e. The van der Waals surface area contributed by atoms with Crippen molar-refractivity contribution in [3.8, 4) is 0 Å². The van der Waals surface area contributed by atoms with E-state index in [1.807, 2.05) is 57.0 Å². The summed E-state index contributed by atoms with van der Waals surface area (Å²) >= 11 is 0. The normalized spacial score (nSPS) is 12.5. The molecule has 0 bridgehead atoms. The molecule has 1 amide bonds. The van der Waals surface area contributed by atoms with Crippen molar-refractivity contribution in [3.05, 3.63) is 58.9 Å². The van der Waals surface area contributed by atoms with Gasteiger partial charge >= 0.3 is 5.97 Å². The van der Waals surface area contributed by atoms with Gasteiger partial charge in [-0.25, -0.2) is 4.98 Å². The number of H-pyrrole nitrogens is 1. The molecule has 11 heteroatoms. The van der Waals surface area contributed by atoms with Crippen LogP contribution in [-0.4, -0.2) is 77.8 Å². The fourth-order valence-corrected chi connectivity index (χ4v) is 4.75. The minimum absolute atomic E-state index is 0. The number of likely N-dealkylation sites (N-methyl/N-ethyl adjacent to an activating group) is 2. The second-order valence-electron chi connectivity index (χ2n) is 9.79. The number of ether oxygens (including phenoxy) is 1. The summed E-state index contributed by atoms with van der Waals surface area (Å²) in [5.41, 5.74) is 9.66. The standard InChI is InChI=1S/C28H39N7O3.ClH/c1-7-35(6)27(37)28(4,17-34(5)16-24(36)38-8-2)21-13-14-22-25(18(21)3)33-23(32-22)15-31-20-11-9-19(10-12-20)26(29)30;/h9-14,31H,7-8,15-17H2,1-6H3,(H3,29,30)(H,32,33);1H. The van der Waals surface area contributed by atoms with Crippen LogP contribution >= 0.6 is 12.4 Å². The Hall–Kier alpha value is -3.63. The maximum atomic E-state index is 13.7. The molecule has 0 saturated heterocycles. The number of amidine groups is 1. The van der Waals surface area contributed by atoms with Gasteiger partial charge in [-0.2, -0.15) is 0 Å². The molecule has 5 N–H and O–H groups in total. The fraction of sp³-hybridized carbons (Fsp3) is 0.429. The van der Waals surface area contributed by atoms with E-state index in [4.69, 9.17) is 20.9 Å². The molecule has 0 spiro atoms. The van der Waals surface area contributed by atoms with Gasteiger partial charge in [-0.15, -0.1) is 12.4 Å². The zero-order valence-electron chi connectivity index (χ0n) is 23.6. The van der Waals surface area contributed by atoms with Crippen molar-refractivity contribution >= 4 is 46.8 Å². The Kier molecular flexibility index (Phi) is 10.9. The van der Waals surface area contributed by atoms with Gasteiger partial charge in [0.25, 0.3) is 0 Å². The summed E-state index contributed by atoms with van der Waals surface area (Å²) in [5.74, 6) is 0.447. The lowest BCUT2D eigenvalue weighted by Crippen LogP contribution is -2.50. The van der Waals surface area contributed by atoms with Crippen molar-refractivity contribution in [2.75, 3.05) is 45.7 Å². The number of nitrogens with zero attached hydrogens (tertiary/aromatic N) is 3. The number of aryl methyl sites for hydroxylation is 1. The Bertz CT molecular complexity index is 1310. The molecule has 0 saturated carbocycles. The summed E-state index contributed by atoms with van der Waals surface area (Å²) in [6, 6.07) is 11.3. The lowest BCUT2D eigenvalue weighted by Gasteiger charge is -2.36. The third-order valence-corrected chi connectivity index (χ3v) is 6.79. The maximum absolute atomic E-state index is 13.7. The minimum atomic E-state index is -0.903. The second kappa shape index (κ2) is 13.4. The largest absolute Gasteiger partial charge is 0.465 e. The first-order valence-electron chi connectivity index (χ1n) is 12.8. The van der Waals surface area contributed by atoms with Gasteiger partial charge in [0.1, 0.15) is 11.7 Å². The molecule has 1 atom stereocenters. The highest BCUT2D eigenvalue weighted by atomic mass is 35.5. The number of nitrogens with two attached hydrogens (primary N) is 1. The third kappa shape index (κ3) is 7.27. The number of imidazole rings is 1. The lowest BCUT2D eigenvalue weighted by atomic mass is 9.78. The monoisotopic (exact) mass is 557 g/mol. The van der Waals surface area contributed by atoms with E-state index < -0.39 is 5.41 Å². The van der Waals surface area contributed by atoms with Gasteiger partial charge < -0.3 is 25.7 Å². The Morgan fingerprint density at radius 2 is 1.82 bits per heavy atom. The summed E-state index contributed by atoms with van der Waals surface area (Å²) < 4.78 is 5.11. The number of amides is 1. The predicted molar refractivity (Wildman–Crippen MR) is 158 cm³/mol. The van der Waals surface area contributed by atoms with Crippen LogP contribution in [0.4, 0.5) is 5.69 Å². The zero-order valence-corrected chi connectivity index (χ0v) is 24.4.